The molecule has 0 aromatic heterocycles. The van der Waals surface area contributed by atoms with Crippen molar-refractivity contribution in [2.75, 3.05) is 18.6 Å². The quantitative estimate of drug-likeness (QED) is 0.899. The van der Waals surface area contributed by atoms with Crippen LogP contribution in [0, 0.1) is 0 Å². The molecule has 5 heteroatoms. The molecule has 1 aliphatic heterocycles. The molecule has 2 fully saturated rings. The summed E-state index contributed by atoms with van der Waals surface area (Å²) < 4.78 is 11.6. The molecule has 0 radical (unpaired) electrons. The van der Waals surface area contributed by atoms with Gasteiger partial charge in [-0.3, -0.25) is 4.79 Å². The van der Waals surface area contributed by atoms with Crippen LogP contribution in [-0.4, -0.2) is 35.8 Å². The Labute approximate surface area is 135 Å². The number of methoxy groups -OCH3 is 1. The molecule has 0 atom stereocenters. The summed E-state index contributed by atoms with van der Waals surface area (Å²) in [5.74, 6) is 2.45. The maximum Gasteiger partial charge on any atom is 0.314 e. The molecule has 0 amide bonds. The van der Waals surface area contributed by atoms with E-state index in [1.54, 1.807) is 7.11 Å². The molecule has 0 spiro atoms. The monoisotopic (exact) mass is 322 g/mol. The van der Waals surface area contributed by atoms with Crippen LogP contribution in [0.3, 0.4) is 0 Å². The van der Waals surface area contributed by atoms with Gasteiger partial charge in [0.15, 0.2) is 11.5 Å². The van der Waals surface area contributed by atoms with Crippen molar-refractivity contribution in [1.29, 1.82) is 0 Å². The number of aliphatic carboxylic acids is 1. The Hall–Kier alpha value is -1.36. The highest BCUT2D eigenvalue weighted by atomic mass is 32.2. The zero-order valence-electron chi connectivity index (χ0n) is 12.8. The van der Waals surface area contributed by atoms with Crippen LogP contribution in [0.15, 0.2) is 18.2 Å². The summed E-state index contributed by atoms with van der Waals surface area (Å²) in [4.78, 5) is 12.1. The van der Waals surface area contributed by atoms with Gasteiger partial charge in [0.1, 0.15) is 6.10 Å². The van der Waals surface area contributed by atoms with E-state index in [4.69, 9.17) is 9.47 Å². The minimum atomic E-state index is -0.834. The molecule has 0 bridgehead atoms. The van der Waals surface area contributed by atoms with Crippen molar-refractivity contribution in [3.63, 3.8) is 0 Å². The first-order valence-electron chi connectivity index (χ1n) is 7.82. The maximum absolute atomic E-state index is 12.1. The lowest BCUT2D eigenvalue weighted by Crippen LogP contribution is -2.39. The van der Waals surface area contributed by atoms with Crippen molar-refractivity contribution in [3.05, 3.63) is 23.8 Å². The van der Waals surface area contributed by atoms with Crippen LogP contribution in [0.1, 0.15) is 37.7 Å². The van der Waals surface area contributed by atoms with Gasteiger partial charge in [-0.05, 0) is 18.9 Å². The normalized spacial score (nSPS) is 21.0. The lowest BCUT2D eigenvalue weighted by atomic mass is 9.69. The Morgan fingerprint density at radius 1 is 1.27 bits per heavy atom. The average Bonchev–Trinajstić information content (AvgIpc) is 2.51. The molecule has 1 N–H and O–H groups in total. The summed E-state index contributed by atoms with van der Waals surface area (Å²) in [7, 11) is 1.61. The van der Waals surface area contributed by atoms with Crippen molar-refractivity contribution in [2.24, 2.45) is 0 Å². The number of thioether (sulfide) groups is 1. The Bertz CT molecular complexity index is 548. The molecule has 22 heavy (non-hydrogen) atoms. The second kappa shape index (κ2) is 6.41. The number of benzene rings is 1. The van der Waals surface area contributed by atoms with Crippen molar-refractivity contribution < 1.29 is 19.4 Å². The van der Waals surface area contributed by atoms with Gasteiger partial charge >= 0.3 is 5.97 Å². The number of para-hydroxylation sites is 1. The fourth-order valence-corrected chi connectivity index (χ4v) is 3.94. The number of hydrogen-bond donors (Lipinski definition) is 1. The minimum absolute atomic E-state index is 0.162. The van der Waals surface area contributed by atoms with Gasteiger partial charge in [0.05, 0.1) is 12.5 Å². The summed E-state index contributed by atoms with van der Waals surface area (Å²) in [6.07, 6.45) is 4.50. The Morgan fingerprint density at radius 2 is 2.00 bits per heavy atom. The Kier molecular flexibility index (Phi) is 4.52. The fraction of sp³-hybridized carbons (Fsp3) is 0.588. The first-order chi connectivity index (χ1) is 10.7. The number of rotatable bonds is 5. The zero-order valence-corrected chi connectivity index (χ0v) is 13.7. The highest BCUT2D eigenvalue weighted by Crippen LogP contribution is 2.47. The summed E-state index contributed by atoms with van der Waals surface area (Å²) in [6.45, 7) is 0. The molecular weight excluding hydrogens is 300 g/mol. The van der Waals surface area contributed by atoms with E-state index in [2.05, 4.69) is 0 Å². The van der Waals surface area contributed by atoms with Crippen LogP contribution >= 0.6 is 11.8 Å². The molecule has 4 nitrogen and oxygen atoms in total. The van der Waals surface area contributed by atoms with Crippen LogP contribution in [0.5, 0.6) is 11.5 Å². The molecule has 1 saturated heterocycles. The molecule has 1 aliphatic carbocycles. The fourth-order valence-electron chi connectivity index (χ4n) is 3.38. The van der Waals surface area contributed by atoms with Gasteiger partial charge in [-0.1, -0.05) is 31.4 Å². The second-order valence-electron chi connectivity index (χ2n) is 6.06. The third kappa shape index (κ3) is 2.67. The van der Waals surface area contributed by atoms with E-state index in [1.807, 2.05) is 30.0 Å². The molecule has 120 valence electrons. The van der Waals surface area contributed by atoms with Gasteiger partial charge in [0.25, 0.3) is 0 Å². The lowest BCUT2D eigenvalue weighted by molar-refractivity contribution is -0.145. The van der Waals surface area contributed by atoms with E-state index in [9.17, 15) is 9.90 Å². The molecule has 1 saturated carbocycles. The second-order valence-corrected chi connectivity index (χ2v) is 7.14. The van der Waals surface area contributed by atoms with E-state index < -0.39 is 11.4 Å². The van der Waals surface area contributed by atoms with Crippen LogP contribution in [-0.2, 0) is 10.2 Å². The molecule has 1 aromatic carbocycles. The zero-order chi connectivity index (χ0) is 15.6. The first-order valence-corrected chi connectivity index (χ1v) is 8.98. The topological polar surface area (TPSA) is 55.8 Å². The van der Waals surface area contributed by atoms with Gasteiger partial charge in [-0.15, -0.1) is 0 Å². The van der Waals surface area contributed by atoms with Crippen molar-refractivity contribution in [1.82, 2.24) is 0 Å². The van der Waals surface area contributed by atoms with Gasteiger partial charge in [0, 0.05) is 17.1 Å². The Morgan fingerprint density at radius 3 is 2.55 bits per heavy atom. The van der Waals surface area contributed by atoms with E-state index >= 15 is 0 Å². The number of carbonyl (C=O) groups is 1. The van der Waals surface area contributed by atoms with E-state index in [-0.39, 0.29) is 6.10 Å². The lowest BCUT2D eigenvalue weighted by Gasteiger charge is -2.36. The number of hydrogen-bond acceptors (Lipinski definition) is 4. The van der Waals surface area contributed by atoms with E-state index in [0.717, 1.165) is 36.3 Å². The third-order valence-corrected chi connectivity index (χ3v) is 5.94. The highest BCUT2D eigenvalue weighted by molar-refractivity contribution is 8.00. The van der Waals surface area contributed by atoms with Gasteiger partial charge in [-0.25, -0.2) is 0 Å². The molecule has 2 aliphatic rings. The van der Waals surface area contributed by atoms with Crippen LogP contribution in [0.25, 0.3) is 0 Å². The molecule has 1 aromatic rings. The van der Waals surface area contributed by atoms with Crippen LogP contribution in [0.2, 0.25) is 0 Å². The van der Waals surface area contributed by atoms with E-state index in [1.165, 1.54) is 0 Å². The van der Waals surface area contributed by atoms with Crippen molar-refractivity contribution in [3.8, 4) is 11.5 Å². The summed E-state index contributed by atoms with van der Waals surface area (Å²) in [5, 5.41) is 9.94. The van der Waals surface area contributed by atoms with Crippen LogP contribution < -0.4 is 9.47 Å². The molecule has 1 heterocycles. The third-order valence-electron chi connectivity index (χ3n) is 4.72. The molecular formula is C17H22O4S. The summed E-state index contributed by atoms with van der Waals surface area (Å²) in [5.41, 5.74) is -0.0464. The SMILES string of the molecule is COc1cccc(C2(C(=O)O)CCCCC2)c1OC1CSC1. The first kappa shape index (κ1) is 15.5. The smallest absolute Gasteiger partial charge is 0.314 e. The predicted molar refractivity (Wildman–Crippen MR) is 87.1 cm³/mol. The van der Waals surface area contributed by atoms with Crippen molar-refractivity contribution in [2.45, 2.75) is 43.6 Å². The van der Waals surface area contributed by atoms with E-state index in [0.29, 0.717) is 24.3 Å². The predicted octanol–water partition coefficient (Wildman–Crippen LogP) is 3.48. The van der Waals surface area contributed by atoms with Crippen LogP contribution in [0.4, 0.5) is 0 Å². The maximum atomic E-state index is 12.1. The molecule has 0 unspecified atom stereocenters. The van der Waals surface area contributed by atoms with Gasteiger partial charge in [0.2, 0.25) is 0 Å². The van der Waals surface area contributed by atoms with Gasteiger partial charge in [-0.2, -0.15) is 11.8 Å². The number of ether oxygens (including phenoxy) is 2. The molecule has 3 rings (SSSR count). The largest absolute Gasteiger partial charge is 0.493 e. The summed E-state index contributed by atoms with van der Waals surface area (Å²) >= 11 is 1.84. The van der Waals surface area contributed by atoms with Gasteiger partial charge < -0.3 is 14.6 Å². The number of carboxylic acids is 1. The minimum Gasteiger partial charge on any atom is -0.493 e. The number of carboxylic acid groups (broad SMARTS) is 1. The Balaban J connectivity index is 2.04. The van der Waals surface area contributed by atoms with Crippen molar-refractivity contribution >= 4 is 17.7 Å². The summed E-state index contributed by atoms with van der Waals surface area (Å²) in [6, 6.07) is 5.63. The average molecular weight is 322 g/mol. The standard InChI is InChI=1S/C17H22O4S/c1-20-14-7-5-6-13(15(14)21-12-10-22-11-12)17(16(18)19)8-3-2-4-9-17/h5-7,12H,2-4,8-11H2,1H3,(H,18,19). The highest BCUT2D eigenvalue weighted by Gasteiger charge is 2.44.